The highest BCUT2D eigenvalue weighted by molar-refractivity contribution is 7.19. The molecule has 2 aromatic carbocycles. The van der Waals surface area contributed by atoms with Gasteiger partial charge >= 0.3 is 6.18 Å². The Balaban J connectivity index is 1.65. The third-order valence-electron chi connectivity index (χ3n) is 5.50. The van der Waals surface area contributed by atoms with Gasteiger partial charge in [0.1, 0.15) is 0 Å². The van der Waals surface area contributed by atoms with E-state index >= 15 is 0 Å². The van der Waals surface area contributed by atoms with Gasteiger partial charge in [0.25, 0.3) is 0 Å². The minimum Gasteiger partial charge on any atom is -0.356 e. The Hall–Kier alpha value is -2.87. The number of halogens is 3. The van der Waals surface area contributed by atoms with Crippen LogP contribution in [0.2, 0.25) is 0 Å². The van der Waals surface area contributed by atoms with Crippen molar-refractivity contribution in [1.82, 2.24) is 5.16 Å². The first-order chi connectivity index (χ1) is 15.2. The minimum absolute atomic E-state index is 0.158. The maximum Gasteiger partial charge on any atom is 0.416 e. The van der Waals surface area contributed by atoms with E-state index in [0.717, 1.165) is 45.3 Å². The number of anilines is 1. The molecule has 0 aliphatic heterocycles. The van der Waals surface area contributed by atoms with E-state index in [1.165, 1.54) is 30.4 Å². The van der Waals surface area contributed by atoms with Gasteiger partial charge in [-0.15, -0.1) is 11.3 Å². The molecule has 32 heavy (non-hydrogen) atoms. The lowest BCUT2D eigenvalue weighted by Gasteiger charge is -2.07. The Labute approximate surface area is 187 Å². The molecule has 4 aromatic rings. The summed E-state index contributed by atoms with van der Waals surface area (Å²) in [5.41, 5.74) is 3.49. The summed E-state index contributed by atoms with van der Waals surface area (Å²) < 4.78 is 45.6. The molecule has 0 fully saturated rings. The highest BCUT2D eigenvalue weighted by Gasteiger charge is 2.31. The van der Waals surface area contributed by atoms with E-state index in [4.69, 9.17) is 4.52 Å². The summed E-state index contributed by atoms with van der Waals surface area (Å²) in [6, 6.07) is 7.73. The number of rotatable bonds is 6. The van der Waals surface area contributed by atoms with E-state index < -0.39 is 11.7 Å². The molecule has 0 bridgehead atoms. The molecule has 0 saturated heterocycles. The molecule has 168 valence electrons. The molecule has 0 spiro atoms. The normalized spacial score (nSPS) is 12.1. The second kappa shape index (κ2) is 8.58. The number of amides is 1. The third-order valence-corrected chi connectivity index (χ3v) is 6.75. The van der Waals surface area contributed by atoms with Crippen molar-refractivity contribution in [2.75, 3.05) is 5.32 Å². The number of hydrogen-bond acceptors (Lipinski definition) is 4. The molecule has 0 saturated carbocycles. The van der Waals surface area contributed by atoms with Crippen molar-refractivity contribution in [3.05, 3.63) is 57.6 Å². The molecule has 1 N–H and O–H groups in total. The molecular formula is C24H23F3N2O2S. The number of carbonyl (C=O) groups excluding carboxylic acids is 1. The fourth-order valence-corrected chi connectivity index (χ4v) is 5.27. The van der Waals surface area contributed by atoms with Crippen molar-refractivity contribution in [2.45, 2.75) is 52.6 Å². The Bertz CT molecular complexity index is 1300. The molecule has 4 nitrogen and oxygen atoms in total. The molecular weight excluding hydrogens is 437 g/mol. The maximum atomic E-state index is 13.1. The van der Waals surface area contributed by atoms with E-state index in [1.807, 2.05) is 13.0 Å². The first-order valence-electron chi connectivity index (χ1n) is 10.5. The van der Waals surface area contributed by atoms with Crippen LogP contribution in [0.3, 0.4) is 0 Å². The van der Waals surface area contributed by atoms with Gasteiger partial charge in [-0.2, -0.15) is 13.2 Å². The summed E-state index contributed by atoms with van der Waals surface area (Å²) in [4.78, 5) is 12.5. The van der Waals surface area contributed by atoms with Gasteiger partial charge in [0, 0.05) is 33.6 Å². The Kier molecular flexibility index (Phi) is 5.99. The molecule has 0 aliphatic rings. The summed E-state index contributed by atoms with van der Waals surface area (Å²) in [6.07, 6.45) is -1.33. The number of carbonyl (C=O) groups is 1. The first-order valence-corrected chi connectivity index (χ1v) is 11.3. The van der Waals surface area contributed by atoms with Crippen LogP contribution in [0.15, 0.2) is 34.9 Å². The van der Waals surface area contributed by atoms with Crippen LogP contribution < -0.4 is 5.32 Å². The second-order valence-corrected chi connectivity index (χ2v) is 9.07. The molecule has 2 heterocycles. The zero-order valence-corrected chi connectivity index (χ0v) is 18.8. The number of nitrogens with zero attached hydrogens (tertiary/aromatic N) is 1. The van der Waals surface area contributed by atoms with Crippen LogP contribution in [-0.4, -0.2) is 11.1 Å². The molecule has 0 aliphatic carbocycles. The van der Waals surface area contributed by atoms with Crippen LogP contribution in [0.25, 0.3) is 21.1 Å². The molecule has 8 heteroatoms. The number of benzene rings is 2. The number of thiophene rings is 1. The fraction of sp³-hybridized carbons (Fsp3) is 0.333. The quantitative estimate of drug-likeness (QED) is 0.335. The zero-order valence-electron chi connectivity index (χ0n) is 18.0. The summed E-state index contributed by atoms with van der Waals surface area (Å²) in [7, 11) is 0. The van der Waals surface area contributed by atoms with Gasteiger partial charge in [-0.3, -0.25) is 4.79 Å². The van der Waals surface area contributed by atoms with Crippen molar-refractivity contribution < 1.29 is 22.5 Å². The van der Waals surface area contributed by atoms with E-state index in [9.17, 15) is 18.0 Å². The summed E-state index contributed by atoms with van der Waals surface area (Å²) >= 11 is 1.43. The largest absolute Gasteiger partial charge is 0.416 e. The van der Waals surface area contributed by atoms with Gasteiger partial charge in [0.15, 0.2) is 5.58 Å². The minimum atomic E-state index is -4.35. The first kappa shape index (κ1) is 22.3. The molecule has 4 rings (SSSR count). The van der Waals surface area contributed by atoms with E-state index in [-0.39, 0.29) is 5.91 Å². The molecule has 2 aromatic heterocycles. The van der Waals surface area contributed by atoms with E-state index in [1.54, 1.807) is 12.1 Å². The van der Waals surface area contributed by atoms with Crippen molar-refractivity contribution in [3.63, 3.8) is 0 Å². The number of hydrogen-bond donors (Lipinski definition) is 1. The molecule has 0 radical (unpaired) electrons. The predicted octanol–water partition coefficient (Wildman–Crippen LogP) is 7.07. The molecule has 1 amide bonds. The lowest BCUT2D eigenvalue weighted by Crippen LogP contribution is -2.06. The van der Waals surface area contributed by atoms with Gasteiger partial charge in [-0.1, -0.05) is 24.6 Å². The predicted molar refractivity (Wildman–Crippen MR) is 121 cm³/mol. The topological polar surface area (TPSA) is 55.1 Å². The van der Waals surface area contributed by atoms with Crippen LogP contribution >= 0.6 is 11.3 Å². The van der Waals surface area contributed by atoms with Crippen LogP contribution in [0.5, 0.6) is 0 Å². The third kappa shape index (κ3) is 4.37. The smallest absolute Gasteiger partial charge is 0.356 e. The van der Waals surface area contributed by atoms with Crippen molar-refractivity contribution in [3.8, 4) is 0 Å². The lowest BCUT2D eigenvalue weighted by atomic mass is 10.0. The van der Waals surface area contributed by atoms with Crippen LogP contribution in [0.4, 0.5) is 18.9 Å². The summed E-state index contributed by atoms with van der Waals surface area (Å²) in [5.74, 6) is -0.158. The van der Waals surface area contributed by atoms with Crippen LogP contribution in [0.1, 0.15) is 47.5 Å². The van der Waals surface area contributed by atoms with E-state index in [2.05, 4.69) is 17.4 Å². The number of alkyl halides is 3. The highest BCUT2D eigenvalue weighted by atomic mass is 32.1. The Morgan fingerprint density at radius 2 is 1.91 bits per heavy atom. The fourth-order valence-electron chi connectivity index (χ4n) is 3.98. The van der Waals surface area contributed by atoms with Gasteiger partial charge in [-0.25, -0.2) is 0 Å². The molecule has 0 unspecified atom stereocenters. The Morgan fingerprint density at radius 1 is 1.12 bits per heavy atom. The van der Waals surface area contributed by atoms with Crippen molar-refractivity contribution in [1.29, 1.82) is 0 Å². The number of aryl methyl sites for hydroxylation is 4. The number of fused-ring (bicyclic) bond motifs is 2. The van der Waals surface area contributed by atoms with Crippen LogP contribution in [-0.2, 0) is 30.2 Å². The lowest BCUT2D eigenvalue weighted by molar-refractivity contribution is -0.137. The van der Waals surface area contributed by atoms with Crippen molar-refractivity contribution >= 4 is 44.0 Å². The van der Waals surface area contributed by atoms with Gasteiger partial charge in [0.2, 0.25) is 5.91 Å². The van der Waals surface area contributed by atoms with Gasteiger partial charge in [-0.05, 0) is 60.9 Å². The summed E-state index contributed by atoms with van der Waals surface area (Å²) in [5, 5.41) is 8.78. The summed E-state index contributed by atoms with van der Waals surface area (Å²) in [6.45, 7) is 5.43. The second-order valence-electron chi connectivity index (χ2n) is 7.94. The number of aromatic nitrogens is 1. The van der Waals surface area contributed by atoms with Crippen LogP contribution in [0, 0.1) is 6.92 Å². The van der Waals surface area contributed by atoms with Gasteiger partial charge in [0.05, 0.1) is 11.3 Å². The average molecular weight is 461 g/mol. The monoisotopic (exact) mass is 460 g/mol. The SMILES string of the molecule is CCCc1c(CCc2noc3cc(NC(C)=O)c(C)cc23)sc2cc(C(F)(F)F)ccc12. The zero-order chi connectivity index (χ0) is 23.0. The standard InChI is InChI=1S/C24H23F3N2O2S/c1-4-5-16-17-7-6-15(24(25,26)27)11-23(17)32-22(16)9-8-19-18-10-13(2)20(28-14(3)30)12-21(18)31-29-19/h6-7,10-12H,4-5,8-9H2,1-3H3,(H,28,30). The number of nitrogens with one attached hydrogen (secondary N) is 1. The van der Waals surface area contributed by atoms with E-state index in [0.29, 0.717) is 28.8 Å². The van der Waals surface area contributed by atoms with Gasteiger partial charge < -0.3 is 9.84 Å². The maximum absolute atomic E-state index is 13.1. The van der Waals surface area contributed by atoms with Crippen molar-refractivity contribution in [2.24, 2.45) is 0 Å². The molecule has 0 atom stereocenters. The highest BCUT2D eigenvalue weighted by Crippen LogP contribution is 2.38. The average Bonchev–Trinajstić information content (AvgIpc) is 3.26. The Morgan fingerprint density at radius 3 is 2.59 bits per heavy atom.